The van der Waals surface area contributed by atoms with Crippen LogP contribution in [0.15, 0.2) is 24.3 Å². The molecule has 2 unspecified atom stereocenters. The number of amides is 2. The van der Waals surface area contributed by atoms with Gasteiger partial charge in [0.15, 0.2) is 0 Å². The van der Waals surface area contributed by atoms with Crippen LogP contribution in [-0.4, -0.2) is 66.9 Å². The van der Waals surface area contributed by atoms with Crippen LogP contribution >= 0.6 is 0 Å². The van der Waals surface area contributed by atoms with Crippen molar-refractivity contribution in [2.45, 2.75) is 44.7 Å². The van der Waals surface area contributed by atoms with E-state index in [1.807, 2.05) is 4.90 Å². The predicted molar refractivity (Wildman–Crippen MR) is 109 cm³/mol. The Kier molecular flexibility index (Phi) is 6.27. The molecular formula is C22H32N4O2. The SMILES string of the molecule is O=C(NCC1CCCN(CC(=O)N2CCc3ccccc3C2)C1)C1CCCN1. The van der Waals surface area contributed by atoms with E-state index in [4.69, 9.17) is 0 Å². The number of carbonyl (C=O) groups excluding carboxylic acids is 2. The zero-order valence-electron chi connectivity index (χ0n) is 16.7. The Morgan fingerprint density at radius 1 is 1.11 bits per heavy atom. The van der Waals surface area contributed by atoms with E-state index >= 15 is 0 Å². The van der Waals surface area contributed by atoms with E-state index in [-0.39, 0.29) is 17.9 Å². The Hall–Kier alpha value is -1.92. The summed E-state index contributed by atoms with van der Waals surface area (Å²) >= 11 is 0. The van der Waals surface area contributed by atoms with E-state index in [0.29, 0.717) is 12.5 Å². The largest absolute Gasteiger partial charge is 0.354 e. The lowest BCUT2D eigenvalue weighted by Crippen LogP contribution is -2.48. The molecule has 1 aromatic rings. The summed E-state index contributed by atoms with van der Waals surface area (Å²) in [5, 5.41) is 6.37. The van der Waals surface area contributed by atoms with Gasteiger partial charge in [0.1, 0.15) is 0 Å². The fourth-order valence-electron chi connectivity index (χ4n) is 4.74. The van der Waals surface area contributed by atoms with Gasteiger partial charge in [-0.3, -0.25) is 14.5 Å². The van der Waals surface area contributed by atoms with Gasteiger partial charge in [-0.25, -0.2) is 0 Å². The molecule has 2 atom stereocenters. The number of fused-ring (bicyclic) bond motifs is 1. The number of benzene rings is 1. The first-order chi connectivity index (χ1) is 13.7. The molecule has 2 amide bonds. The van der Waals surface area contributed by atoms with Gasteiger partial charge in [-0.1, -0.05) is 24.3 Å². The van der Waals surface area contributed by atoms with Crippen LogP contribution in [0.2, 0.25) is 0 Å². The Morgan fingerprint density at radius 2 is 1.96 bits per heavy atom. The molecule has 2 fully saturated rings. The van der Waals surface area contributed by atoms with Crippen molar-refractivity contribution in [2.75, 3.05) is 39.3 Å². The Bertz CT molecular complexity index is 702. The summed E-state index contributed by atoms with van der Waals surface area (Å²) in [6, 6.07) is 8.42. The minimum absolute atomic E-state index is 0.0109. The minimum atomic E-state index is -0.0109. The Morgan fingerprint density at radius 3 is 2.79 bits per heavy atom. The van der Waals surface area contributed by atoms with E-state index in [0.717, 1.165) is 71.4 Å². The molecule has 0 aromatic heterocycles. The predicted octanol–water partition coefficient (Wildman–Crippen LogP) is 1.15. The molecule has 4 rings (SSSR count). The van der Waals surface area contributed by atoms with Gasteiger partial charge in [0.05, 0.1) is 12.6 Å². The highest BCUT2D eigenvalue weighted by Gasteiger charge is 2.27. The van der Waals surface area contributed by atoms with Gasteiger partial charge >= 0.3 is 0 Å². The second-order valence-corrected chi connectivity index (χ2v) is 8.47. The zero-order valence-corrected chi connectivity index (χ0v) is 16.7. The quantitative estimate of drug-likeness (QED) is 0.799. The number of carbonyl (C=O) groups is 2. The van der Waals surface area contributed by atoms with Crippen LogP contribution < -0.4 is 10.6 Å². The average molecular weight is 385 g/mol. The van der Waals surface area contributed by atoms with Crippen LogP contribution in [-0.2, 0) is 22.6 Å². The molecule has 6 heteroatoms. The maximum Gasteiger partial charge on any atom is 0.237 e. The Labute approximate surface area is 167 Å². The normalized spacial score (nSPS) is 25.4. The summed E-state index contributed by atoms with van der Waals surface area (Å²) < 4.78 is 0. The lowest BCUT2D eigenvalue weighted by atomic mass is 9.97. The number of hydrogen-bond acceptors (Lipinski definition) is 4. The zero-order chi connectivity index (χ0) is 19.3. The molecule has 3 aliphatic rings. The van der Waals surface area contributed by atoms with Gasteiger partial charge in [0, 0.05) is 26.2 Å². The standard InChI is InChI=1S/C22H32N4O2/c27-21(26-12-9-18-6-1-2-7-19(18)15-26)16-25-11-4-5-17(14-25)13-24-22(28)20-8-3-10-23-20/h1-2,6-7,17,20,23H,3-5,8-16H2,(H,24,28). The van der Waals surface area contributed by atoms with Crippen LogP contribution in [0, 0.1) is 5.92 Å². The molecule has 152 valence electrons. The fourth-order valence-corrected chi connectivity index (χ4v) is 4.74. The number of piperidine rings is 1. The van der Waals surface area contributed by atoms with E-state index in [2.05, 4.69) is 39.8 Å². The van der Waals surface area contributed by atoms with Crippen LogP contribution in [0.1, 0.15) is 36.8 Å². The lowest BCUT2D eigenvalue weighted by molar-refractivity contribution is -0.134. The van der Waals surface area contributed by atoms with Gasteiger partial charge in [-0.2, -0.15) is 0 Å². The van der Waals surface area contributed by atoms with Crippen molar-refractivity contribution in [3.63, 3.8) is 0 Å². The molecule has 6 nitrogen and oxygen atoms in total. The average Bonchev–Trinajstić information content (AvgIpc) is 3.27. The van der Waals surface area contributed by atoms with Gasteiger partial charge in [0.2, 0.25) is 11.8 Å². The van der Waals surface area contributed by atoms with Gasteiger partial charge < -0.3 is 15.5 Å². The molecule has 28 heavy (non-hydrogen) atoms. The van der Waals surface area contributed by atoms with Gasteiger partial charge in [-0.05, 0) is 62.2 Å². The molecule has 2 N–H and O–H groups in total. The second-order valence-electron chi connectivity index (χ2n) is 8.47. The highest BCUT2D eigenvalue weighted by atomic mass is 16.2. The van der Waals surface area contributed by atoms with E-state index < -0.39 is 0 Å². The van der Waals surface area contributed by atoms with Crippen molar-refractivity contribution in [3.05, 3.63) is 35.4 Å². The molecule has 2 saturated heterocycles. The molecule has 0 saturated carbocycles. The molecule has 0 spiro atoms. The van der Waals surface area contributed by atoms with Crippen molar-refractivity contribution in [3.8, 4) is 0 Å². The third-order valence-corrected chi connectivity index (χ3v) is 6.39. The number of likely N-dealkylation sites (tertiary alicyclic amines) is 1. The van der Waals surface area contributed by atoms with Crippen LogP contribution in [0.4, 0.5) is 0 Å². The molecule has 0 bridgehead atoms. The van der Waals surface area contributed by atoms with Crippen LogP contribution in [0.25, 0.3) is 0 Å². The van der Waals surface area contributed by atoms with Crippen molar-refractivity contribution in [2.24, 2.45) is 5.92 Å². The van der Waals surface area contributed by atoms with Gasteiger partial charge in [0.25, 0.3) is 0 Å². The number of nitrogens with zero attached hydrogens (tertiary/aromatic N) is 2. The molecule has 3 aliphatic heterocycles. The topological polar surface area (TPSA) is 64.7 Å². The van der Waals surface area contributed by atoms with Crippen molar-refractivity contribution in [1.29, 1.82) is 0 Å². The maximum atomic E-state index is 12.8. The monoisotopic (exact) mass is 384 g/mol. The first-order valence-electron chi connectivity index (χ1n) is 10.8. The van der Waals surface area contributed by atoms with Crippen molar-refractivity contribution in [1.82, 2.24) is 20.4 Å². The smallest absolute Gasteiger partial charge is 0.237 e. The molecule has 1 aromatic carbocycles. The number of nitrogens with one attached hydrogen (secondary N) is 2. The van der Waals surface area contributed by atoms with Crippen molar-refractivity contribution >= 4 is 11.8 Å². The minimum Gasteiger partial charge on any atom is -0.354 e. The van der Waals surface area contributed by atoms with Crippen LogP contribution in [0.3, 0.4) is 0 Å². The third-order valence-electron chi connectivity index (χ3n) is 6.39. The highest BCUT2D eigenvalue weighted by molar-refractivity contribution is 5.82. The second kappa shape index (κ2) is 9.05. The third kappa shape index (κ3) is 4.73. The number of hydrogen-bond donors (Lipinski definition) is 2. The number of rotatable bonds is 5. The van der Waals surface area contributed by atoms with Crippen molar-refractivity contribution < 1.29 is 9.59 Å². The van der Waals surface area contributed by atoms with E-state index in [1.165, 1.54) is 11.1 Å². The molecular weight excluding hydrogens is 352 g/mol. The highest BCUT2D eigenvalue weighted by Crippen LogP contribution is 2.20. The van der Waals surface area contributed by atoms with Gasteiger partial charge in [-0.15, -0.1) is 0 Å². The first kappa shape index (κ1) is 19.4. The summed E-state index contributed by atoms with van der Waals surface area (Å²) in [6.07, 6.45) is 5.19. The van der Waals surface area contributed by atoms with E-state index in [9.17, 15) is 9.59 Å². The molecule has 0 radical (unpaired) electrons. The summed E-state index contributed by atoms with van der Waals surface area (Å²) in [5.74, 6) is 0.806. The van der Waals surface area contributed by atoms with Crippen LogP contribution in [0.5, 0.6) is 0 Å². The van der Waals surface area contributed by atoms with E-state index in [1.54, 1.807) is 0 Å². The Balaban J connectivity index is 1.23. The summed E-state index contributed by atoms with van der Waals surface area (Å²) in [7, 11) is 0. The maximum absolute atomic E-state index is 12.8. The summed E-state index contributed by atoms with van der Waals surface area (Å²) in [4.78, 5) is 29.3. The molecule has 3 heterocycles. The summed E-state index contributed by atoms with van der Waals surface area (Å²) in [5.41, 5.74) is 2.65. The lowest BCUT2D eigenvalue weighted by Gasteiger charge is -2.35. The fraction of sp³-hybridized carbons (Fsp3) is 0.636. The molecule has 0 aliphatic carbocycles. The summed E-state index contributed by atoms with van der Waals surface area (Å²) in [6.45, 7) is 5.58. The first-order valence-corrected chi connectivity index (χ1v) is 10.8.